The Labute approximate surface area is 190 Å². The molecule has 3 rings (SSSR count). The van der Waals surface area contributed by atoms with Crippen molar-refractivity contribution < 1.29 is 27.6 Å². The summed E-state index contributed by atoms with van der Waals surface area (Å²) in [4.78, 5) is -0.0666. The molecule has 0 amide bonds. The van der Waals surface area contributed by atoms with Crippen molar-refractivity contribution in [2.24, 2.45) is 0 Å². The second-order valence-electron chi connectivity index (χ2n) is 7.20. The maximum Gasteiger partial charge on any atom is 0.294 e. The smallest absolute Gasteiger partial charge is 0.294 e. The van der Waals surface area contributed by atoms with Crippen LogP contribution in [0.25, 0.3) is 0 Å². The topological polar surface area (TPSA) is 93.1 Å². The first-order valence-electron chi connectivity index (χ1n) is 10.4. The maximum absolute atomic E-state index is 10.5. The van der Waals surface area contributed by atoms with E-state index >= 15 is 0 Å². The monoisotopic (exact) mass is 458 g/mol. The van der Waals surface area contributed by atoms with E-state index in [-0.39, 0.29) is 17.6 Å². The highest BCUT2D eigenvalue weighted by Gasteiger charge is 2.10. The molecule has 0 fully saturated rings. The highest BCUT2D eigenvalue weighted by molar-refractivity contribution is 7.85. The van der Waals surface area contributed by atoms with Crippen molar-refractivity contribution in [3.8, 4) is 5.75 Å². The Morgan fingerprint density at radius 1 is 0.875 bits per heavy atom. The predicted octanol–water partition coefficient (Wildman–Crippen LogP) is 4.67. The zero-order chi connectivity index (χ0) is 23.2. The molecule has 0 saturated carbocycles. The largest absolute Gasteiger partial charge is 0.491 e. The zero-order valence-electron chi connectivity index (χ0n) is 18.1. The van der Waals surface area contributed by atoms with Crippen LogP contribution in [0.2, 0.25) is 0 Å². The van der Waals surface area contributed by atoms with Crippen LogP contribution in [0.5, 0.6) is 5.75 Å². The third kappa shape index (κ3) is 10.1. The van der Waals surface area contributed by atoms with E-state index in [9.17, 15) is 8.42 Å². The highest BCUT2D eigenvalue weighted by atomic mass is 32.2. The van der Waals surface area contributed by atoms with Crippen LogP contribution in [-0.4, -0.2) is 37.4 Å². The van der Waals surface area contributed by atoms with Crippen molar-refractivity contribution in [1.29, 1.82) is 0 Å². The first kappa shape index (κ1) is 25.5. The number of aliphatic hydroxyl groups excluding tert-OH is 1. The Hall–Kier alpha value is -2.71. The lowest BCUT2D eigenvalue weighted by Crippen LogP contribution is -2.22. The quantitative estimate of drug-likeness (QED) is 0.429. The van der Waals surface area contributed by atoms with E-state index < -0.39 is 10.1 Å². The van der Waals surface area contributed by atoms with Gasteiger partial charge in [0.25, 0.3) is 10.1 Å². The highest BCUT2D eigenvalue weighted by Crippen LogP contribution is 2.13. The molecular weight excluding hydrogens is 428 g/mol. The van der Waals surface area contributed by atoms with E-state index in [2.05, 4.69) is 0 Å². The normalized spacial score (nSPS) is 11.8. The van der Waals surface area contributed by atoms with Crippen LogP contribution in [0, 0.1) is 6.92 Å². The van der Waals surface area contributed by atoms with Gasteiger partial charge in [0.2, 0.25) is 0 Å². The minimum Gasteiger partial charge on any atom is -0.491 e. The Morgan fingerprint density at radius 3 is 2.03 bits per heavy atom. The van der Waals surface area contributed by atoms with E-state index in [0.717, 1.165) is 29.7 Å². The number of para-hydroxylation sites is 1. The third-order valence-electron chi connectivity index (χ3n) is 4.51. The zero-order valence-corrected chi connectivity index (χ0v) is 18.9. The van der Waals surface area contributed by atoms with Gasteiger partial charge >= 0.3 is 0 Å². The van der Waals surface area contributed by atoms with E-state index in [0.29, 0.717) is 13.2 Å². The Morgan fingerprint density at radius 2 is 1.47 bits per heavy atom. The van der Waals surface area contributed by atoms with Crippen molar-refractivity contribution in [1.82, 2.24) is 0 Å². The second kappa shape index (κ2) is 13.6. The molecule has 0 spiro atoms. The van der Waals surface area contributed by atoms with Gasteiger partial charge in [-0.3, -0.25) is 4.55 Å². The molecule has 6 nitrogen and oxygen atoms in total. The number of ether oxygens (including phenoxy) is 2. The summed E-state index contributed by atoms with van der Waals surface area (Å²) in [7, 11) is -4.02. The number of aryl methyl sites for hydroxylation is 1. The lowest BCUT2D eigenvalue weighted by atomic mass is 10.2. The van der Waals surface area contributed by atoms with Crippen LogP contribution in [0.1, 0.15) is 24.0 Å². The molecule has 0 heterocycles. The van der Waals surface area contributed by atoms with Gasteiger partial charge in [0.1, 0.15) is 12.4 Å². The van der Waals surface area contributed by atoms with Gasteiger partial charge in [-0.1, -0.05) is 66.2 Å². The molecule has 172 valence electrons. The average Bonchev–Trinajstić information content (AvgIpc) is 2.80. The summed E-state index contributed by atoms with van der Waals surface area (Å²) >= 11 is 0. The number of hydrogen-bond acceptors (Lipinski definition) is 5. The van der Waals surface area contributed by atoms with Gasteiger partial charge in [0, 0.05) is 6.61 Å². The van der Waals surface area contributed by atoms with Crippen molar-refractivity contribution >= 4 is 10.1 Å². The molecule has 1 unspecified atom stereocenters. The summed E-state index contributed by atoms with van der Waals surface area (Å²) in [5.41, 5.74) is 2.10. The van der Waals surface area contributed by atoms with Crippen LogP contribution in [0.4, 0.5) is 0 Å². The van der Waals surface area contributed by atoms with Crippen LogP contribution in [0.3, 0.4) is 0 Å². The van der Waals surface area contributed by atoms with Gasteiger partial charge in [-0.2, -0.15) is 8.42 Å². The lowest BCUT2D eigenvalue weighted by molar-refractivity contribution is 0.00124. The minimum absolute atomic E-state index is 0.0161. The summed E-state index contributed by atoms with van der Waals surface area (Å²) in [6.45, 7) is 3.08. The van der Waals surface area contributed by atoms with E-state index in [1.807, 2.05) is 67.6 Å². The van der Waals surface area contributed by atoms with Crippen molar-refractivity contribution in [3.05, 3.63) is 96.1 Å². The van der Waals surface area contributed by atoms with Crippen LogP contribution in [-0.2, 0) is 21.5 Å². The molecule has 0 aromatic heterocycles. The van der Waals surface area contributed by atoms with Gasteiger partial charge in [-0.15, -0.1) is 0 Å². The fraction of sp³-hybridized carbons (Fsp3) is 0.280. The molecule has 0 saturated heterocycles. The SMILES string of the molecule is Cc1ccc(S(=O)(=O)O)cc1.OCCCC(COc1ccccc1)OCc1ccccc1. The molecule has 0 bridgehead atoms. The molecule has 0 aliphatic carbocycles. The fourth-order valence-electron chi connectivity index (χ4n) is 2.74. The first-order chi connectivity index (χ1) is 15.4. The first-order valence-corrected chi connectivity index (χ1v) is 11.8. The summed E-state index contributed by atoms with van der Waals surface area (Å²) in [5, 5.41) is 8.99. The Kier molecular flexibility index (Phi) is 10.9. The number of rotatable bonds is 10. The van der Waals surface area contributed by atoms with Gasteiger partial charge < -0.3 is 14.6 Å². The van der Waals surface area contributed by atoms with Crippen molar-refractivity contribution in [2.75, 3.05) is 13.2 Å². The van der Waals surface area contributed by atoms with E-state index in [1.165, 1.54) is 12.1 Å². The standard InChI is InChI=1S/C18H22O3.C7H8O3S/c19-13-7-12-18(15-21-17-10-5-2-6-11-17)20-14-16-8-3-1-4-9-16;1-6-2-4-7(5-3-6)11(8,9)10/h1-6,8-11,18-19H,7,12-15H2;2-5H,1H3,(H,8,9,10). The number of benzene rings is 3. The number of aliphatic hydroxyl groups is 1. The molecule has 2 N–H and O–H groups in total. The molecule has 3 aromatic rings. The van der Waals surface area contributed by atoms with Crippen LogP contribution < -0.4 is 4.74 Å². The molecule has 0 aliphatic rings. The van der Waals surface area contributed by atoms with Gasteiger partial charge in [-0.25, -0.2) is 0 Å². The molecule has 32 heavy (non-hydrogen) atoms. The number of hydrogen-bond donors (Lipinski definition) is 2. The molecule has 0 aliphatic heterocycles. The lowest BCUT2D eigenvalue weighted by Gasteiger charge is -2.18. The third-order valence-corrected chi connectivity index (χ3v) is 5.38. The predicted molar refractivity (Wildman–Crippen MR) is 124 cm³/mol. The van der Waals surface area contributed by atoms with Crippen molar-refractivity contribution in [2.45, 2.75) is 37.4 Å². The van der Waals surface area contributed by atoms with Crippen LogP contribution in [0.15, 0.2) is 89.8 Å². The summed E-state index contributed by atoms with van der Waals surface area (Å²) in [6, 6.07) is 25.8. The minimum atomic E-state index is -4.02. The van der Waals surface area contributed by atoms with Gasteiger partial charge in [-0.05, 0) is 49.6 Å². The molecule has 0 radical (unpaired) electrons. The molecular formula is C25H30O6S. The van der Waals surface area contributed by atoms with Crippen LogP contribution >= 0.6 is 0 Å². The summed E-state index contributed by atoms with van der Waals surface area (Å²) in [5.74, 6) is 0.842. The maximum atomic E-state index is 10.5. The fourth-order valence-corrected chi connectivity index (χ4v) is 3.22. The Bertz CT molecular complexity index is 946. The Balaban J connectivity index is 0.000000278. The van der Waals surface area contributed by atoms with E-state index in [1.54, 1.807) is 12.1 Å². The summed E-state index contributed by atoms with van der Waals surface area (Å²) < 4.78 is 41.2. The summed E-state index contributed by atoms with van der Waals surface area (Å²) in [6.07, 6.45) is 1.49. The molecule has 3 aromatic carbocycles. The van der Waals surface area contributed by atoms with Crippen molar-refractivity contribution in [3.63, 3.8) is 0 Å². The van der Waals surface area contributed by atoms with Gasteiger partial charge in [0.15, 0.2) is 0 Å². The van der Waals surface area contributed by atoms with Gasteiger partial charge in [0.05, 0.1) is 17.6 Å². The second-order valence-corrected chi connectivity index (χ2v) is 8.62. The average molecular weight is 459 g/mol. The van der Waals surface area contributed by atoms with E-state index in [4.69, 9.17) is 19.1 Å². The molecule has 1 atom stereocenters. The molecule has 7 heteroatoms.